The molecule has 1 aromatic carbocycles. The number of hydrogen-bond donors (Lipinski definition) is 0. The number of carbonyl (C=O) groups excluding carboxylic acids is 2. The summed E-state index contributed by atoms with van der Waals surface area (Å²) in [6, 6.07) is 4.06. The topological polar surface area (TPSA) is 84.0 Å². The molecule has 2 heterocycles. The lowest BCUT2D eigenvalue weighted by Gasteiger charge is -2.16. The van der Waals surface area contributed by atoms with Gasteiger partial charge in [0.1, 0.15) is 0 Å². The Balaban J connectivity index is 1.97. The zero-order valence-corrected chi connectivity index (χ0v) is 13.1. The summed E-state index contributed by atoms with van der Waals surface area (Å²) < 4.78 is 31.8. The first-order valence-corrected chi connectivity index (χ1v) is 8.29. The van der Waals surface area contributed by atoms with E-state index < -0.39 is 21.8 Å². The number of sulfonamides is 1. The molecule has 1 saturated heterocycles. The van der Waals surface area contributed by atoms with Crippen molar-refractivity contribution < 1.29 is 22.7 Å². The van der Waals surface area contributed by atoms with Crippen LogP contribution in [0.25, 0.3) is 0 Å². The summed E-state index contributed by atoms with van der Waals surface area (Å²) in [5.41, 5.74) is 0.374. The minimum Gasteiger partial charge on any atom is -0.380 e. The van der Waals surface area contributed by atoms with Gasteiger partial charge in [0.25, 0.3) is 11.8 Å². The van der Waals surface area contributed by atoms with Gasteiger partial charge in [0, 0.05) is 27.2 Å². The summed E-state index contributed by atoms with van der Waals surface area (Å²) in [6.45, 7) is 0.674. The van der Waals surface area contributed by atoms with Crippen molar-refractivity contribution >= 4 is 21.8 Å². The van der Waals surface area contributed by atoms with E-state index in [9.17, 15) is 18.0 Å². The molecule has 7 nitrogen and oxygen atoms in total. The maximum atomic E-state index is 12.6. The standard InChI is InChI=1S/C14H16N2O5S/c1-15-13(17)11-4-3-10(7-12(11)14(15)18)22(19,20)16-6-5-9(8-16)21-2/h3-4,7,9H,5-6,8H2,1-2H3/t9-/m0/s1. The second-order valence-electron chi connectivity index (χ2n) is 5.39. The van der Waals surface area contributed by atoms with Gasteiger partial charge in [-0.05, 0) is 24.6 Å². The average molecular weight is 324 g/mol. The lowest BCUT2D eigenvalue weighted by atomic mass is 10.1. The van der Waals surface area contributed by atoms with Crippen LogP contribution in [0.4, 0.5) is 0 Å². The molecule has 0 unspecified atom stereocenters. The molecule has 0 saturated carbocycles. The predicted octanol–water partition coefficient (Wildman–Crippen LogP) is 0.322. The molecule has 8 heteroatoms. The first-order valence-electron chi connectivity index (χ1n) is 6.85. The molecule has 118 valence electrons. The van der Waals surface area contributed by atoms with Crippen LogP contribution in [0.2, 0.25) is 0 Å². The van der Waals surface area contributed by atoms with Gasteiger partial charge in [-0.15, -0.1) is 0 Å². The third-order valence-electron chi connectivity index (χ3n) is 4.14. The molecule has 2 aliphatic rings. The molecule has 3 rings (SSSR count). The molecule has 2 aliphatic heterocycles. The number of methoxy groups -OCH3 is 1. The Bertz CT molecular complexity index is 758. The Morgan fingerprint density at radius 2 is 1.86 bits per heavy atom. The van der Waals surface area contributed by atoms with Crippen LogP contribution in [-0.4, -0.2) is 62.8 Å². The van der Waals surface area contributed by atoms with Gasteiger partial charge in [0.2, 0.25) is 10.0 Å². The molecule has 0 spiro atoms. The number of imide groups is 1. The van der Waals surface area contributed by atoms with Crippen LogP contribution in [0.3, 0.4) is 0 Å². The molecule has 1 aromatic rings. The summed E-state index contributed by atoms with van der Waals surface area (Å²) >= 11 is 0. The Hall–Kier alpha value is -1.77. The molecule has 0 radical (unpaired) electrons. The van der Waals surface area contributed by atoms with Crippen molar-refractivity contribution in [2.75, 3.05) is 27.2 Å². The number of ether oxygens (including phenoxy) is 1. The highest BCUT2D eigenvalue weighted by Gasteiger charge is 2.36. The summed E-state index contributed by atoms with van der Waals surface area (Å²) in [4.78, 5) is 24.8. The smallest absolute Gasteiger partial charge is 0.261 e. The normalized spacial score (nSPS) is 22.5. The number of nitrogens with zero attached hydrogens (tertiary/aromatic N) is 2. The minimum atomic E-state index is -3.69. The van der Waals surface area contributed by atoms with Gasteiger partial charge >= 0.3 is 0 Å². The Labute approximate surface area is 128 Å². The Kier molecular flexibility index (Phi) is 3.54. The number of amides is 2. The van der Waals surface area contributed by atoms with E-state index in [-0.39, 0.29) is 22.1 Å². The van der Waals surface area contributed by atoms with Crippen LogP contribution in [0, 0.1) is 0 Å². The largest absolute Gasteiger partial charge is 0.380 e. The summed E-state index contributed by atoms with van der Waals surface area (Å²) in [6.07, 6.45) is 0.527. The Morgan fingerprint density at radius 3 is 2.50 bits per heavy atom. The first kappa shape index (κ1) is 15.1. The van der Waals surface area contributed by atoms with E-state index in [0.717, 1.165) is 4.90 Å². The van der Waals surface area contributed by atoms with Gasteiger partial charge in [-0.3, -0.25) is 14.5 Å². The van der Waals surface area contributed by atoms with E-state index in [4.69, 9.17) is 4.74 Å². The van der Waals surface area contributed by atoms with Crippen LogP contribution < -0.4 is 0 Å². The Morgan fingerprint density at radius 1 is 1.18 bits per heavy atom. The third kappa shape index (κ3) is 2.15. The molecule has 0 aliphatic carbocycles. The van der Waals surface area contributed by atoms with Crippen molar-refractivity contribution in [3.63, 3.8) is 0 Å². The van der Waals surface area contributed by atoms with E-state index in [0.29, 0.717) is 19.5 Å². The lowest BCUT2D eigenvalue weighted by Crippen LogP contribution is -2.30. The second kappa shape index (κ2) is 5.15. The van der Waals surface area contributed by atoms with Gasteiger partial charge in [0.05, 0.1) is 22.1 Å². The molecular weight excluding hydrogens is 308 g/mol. The molecular formula is C14H16N2O5S. The van der Waals surface area contributed by atoms with Crippen LogP contribution in [-0.2, 0) is 14.8 Å². The lowest BCUT2D eigenvalue weighted by molar-refractivity contribution is 0.0693. The molecule has 22 heavy (non-hydrogen) atoms. The van der Waals surface area contributed by atoms with E-state index in [2.05, 4.69) is 0 Å². The fraction of sp³-hybridized carbons (Fsp3) is 0.429. The summed E-state index contributed by atoms with van der Waals surface area (Å²) in [7, 11) is -0.761. The zero-order chi connectivity index (χ0) is 16.1. The number of benzene rings is 1. The highest BCUT2D eigenvalue weighted by Crippen LogP contribution is 2.27. The maximum absolute atomic E-state index is 12.6. The number of hydrogen-bond acceptors (Lipinski definition) is 5. The number of fused-ring (bicyclic) bond motifs is 1. The SMILES string of the molecule is CO[C@H]1CCN(S(=O)(=O)c2ccc3c(c2)C(=O)N(C)C3=O)C1. The summed E-state index contributed by atoms with van der Waals surface area (Å²) in [5, 5.41) is 0. The van der Waals surface area contributed by atoms with Gasteiger partial charge in [-0.1, -0.05) is 0 Å². The molecule has 2 amide bonds. The first-order chi connectivity index (χ1) is 10.4. The third-order valence-corrected chi connectivity index (χ3v) is 6.00. The van der Waals surface area contributed by atoms with Gasteiger partial charge in [-0.25, -0.2) is 8.42 Å². The number of rotatable bonds is 3. The van der Waals surface area contributed by atoms with Crippen molar-refractivity contribution in [3.8, 4) is 0 Å². The van der Waals surface area contributed by atoms with Crippen LogP contribution in [0.15, 0.2) is 23.1 Å². The highest BCUT2D eigenvalue weighted by atomic mass is 32.2. The molecule has 0 bridgehead atoms. The molecule has 0 aromatic heterocycles. The predicted molar refractivity (Wildman–Crippen MR) is 77.0 cm³/mol. The number of carbonyl (C=O) groups is 2. The molecule has 0 N–H and O–H groups in total. The fourth-order valence-electron chi connectivity index (χ4n) is 2.76. The van der Waals surface area contributed by atoms with Crippen molar-refractivity contribution in [3.05, 3.63) is 29.3 Å². The van der Waals surface area contributed by atoms with E-state index in [1.54, 1.807) is 7.11 Å². The minimum absolute atomic E-state index is 0.0273. The van der Waals surface area contributed by atoms with Crippen molar-refractivity contribution in [1.29, 1.82) is 0 Å². The zero-order valence-electron chi connectivity index (χ0n) is 12.3. The molecule has 1 atom stereocenters. The molecule has 1 fully saturated rings. The van der Waals surface area contributed by atoms with Crippen molar-refractivity contribution in [1.82, 2.24) is 9.21 Å². The second-order valence-corrected chi connectivity index (χ2v) is 7.32. The van der Waals surface area contributed by atoms with Gasteiger partial charge in [0.15, 0.2) is 0 Å². The van der Waals surface area contributed by atoms with Crippen LogP contribution in [0.1, 0.15) is 27.1 Å². The maximum Gasteiger partial charge on any atom is 0.261 e. The van der Waals surface area contributed by atoms with Crippen molar-refractivity contribution in [2.24, 2.45) is 0 Å². The van der Waals surface area contributed by atoms with E-state index in [1.807, 2.05) is 0 Å². The highest BCUT2D eigenvalue weighted by molar-refractivity contribution is 7.89. The van der Waals surface area contributed by atoms with Crippen molar-refractivity contribution in [2.45, 2.75) is 17.4 Å². The van der Waals surface area contributed by atoms with Gasteiger partial charge in [-0.2, -0.15) is 4.31 Å². The van der Waals surface area contributed by atoms with E-state index in [1.165, 1.54) is 29.6 Å². The fourth-order valence-corrected chi connectivity index (χ4v) is 4.27. The van der Waals surface area contributed by atoms with Crippen LogP contribution >= 0.6 is 0 Å². The average Bonchev–Trinajstić information content (AvgIpc) is 3.08. The van der Waals surface area contributed by atoms with E-state index >= 15 is 0 Å². The quantitative estimate of drug-likeness (QED) is 0.748. The monoisotopic (exact) mass is 324 g/mol. The summed E-state index contributed by atoms with van der Waals surface area (Å²) in [5.74, 6) is -0.891. The van der Waals surface area contributed by atoms with Gasteiger partial charge < -0.3 is 4.74 Å². The van der Waals surface area contributed by atoms with Crippen LogP contribution in [0.5, 0.6) is 0 Å².